The Bertz CT molecular complexity index is 1130. The molecule has 10 nitrogen and oxygen atoms in total. The van der Waals surface area contributed by atoms with Crippen molar-refractivity contribution in [2.75, 3.05) is 16.8 Å². The van der Waals surface area contributed by atoms with Crippen molar-refractivity contribution in [3.05, 3.63) is 38.9 Å². The highest BCUT2D eigenvalue weighted by molar-refractivity contribution is 6.36. The predicted octanol–water partition coefficient (Wildman–Crippen LogP) is 2.29. The minimum Gasteiger partial charge on any atom is -0.427 e. The van der Waals surface area contributed by atoms with E-state index in [1.54, 1.807) is 6.19 Å². The summed E-state index contributed by atoms with van der Waals surface area (Å²) in [5.74, 6) is -0.246. The summed E-state index contributed by atoms with van der Waals surface area (Å²) in [6.45, 7) is 1.24. The molecule has 2 heterocycles. The summed E-state index contributed by atoms with van der Waals surface area (Å²) in [6, 6.07) is 3.77. The molecule has 0 aliphatic carbocycles. The molecular formula is C17H12Cl2N8O2. The molecule has 1 aromatic carbocycles. The number of fused-ring (bicyclic) bond motifs is 1. The summed E-state index contributed by atoms with van der Waals surface area (Å²) in [5.41, 5.74) is 12.6. The second-order valence-corrected chi connectivity index (χ2v) is 6.61. The van der Waals surface area contributed by atoms with Crippen LogP contribution in [0.3, 0.4) is 0 Å². The van der Waals surface area contributed by atoms with Crippen molar-refractivity contribution in [2.24, 2.45) is 4.99 Å². The van der Waals surface area contributed by atoms with Crippen LogP contribution in [0, 0.1) is 22.8 Å². The first-order valence-electron chi connectivity index (χ1n) is 7.93. The van der Waals surface area contributed by atoms with Gasteiger partial charge in [-0.25, -0.2) is 9.98 Å². The van der Waals surface area contributed by atoms with E-state index in [1.807, 2.05) is 6.07 Å². The molecule has 0 saturated carbocycles. The van der Waals surface area contributed by atoms with Gasteiger partial charge in [-0.15, -0.1) is 0 Å². The molecule has 0 amide bonds. The lowest BCUT2D eigenvalue weighted by atomic mass is 9.95. The van der Waals surface area contributed by atoms with Crippen LogP contribution in [-0.2, 0) is 4.79 Å². The van der Waals surface area contributed by atoms with Crippen molar-refractivity contribution >= 4 is 52.5 Å². The number of benzene rings is 1. The lowest BCUT2D eigenvalue weighted by Crippen LogP contribution is -2.33. The van der Waals surface area contributed by atoms with Gasteiger partial charge in [0.1, 0.15) is 35.1 Å². The molecule has 0 fully saturated rings. The summed E-state index contributed by atoms with van der Waals surface area (Å²) in [6.07, 6.45) is 1.74. The Labute approximate surface area is 174 Å². The molecule has 1 aliphatic heterocycles. The van der Waals surface area contributed by atoms with E-state index in [0.29, 0.717) is 11.1 Å². The van der Waals surface area contributed by atoms with Gasteiger partial charge in [0.2, 0.25) is 5.96 Å². The zero-order chi connectivity index (χ0) is 21.3. The summed E-state index contributed by atoms with van der Waals surface area (Å²) >= 11 is 12.8. The number of nitrogens with one attached hydrogen (secondary N) is 2. The molecule has 0 bridgehead atoms. The third-order valence-electron chi connectivity index (χ3n) is 3.95. The number of nitrogens with two attached hydrogens (primary N) is 2. The first-order chi connectivity index (χ1) is 13.8. The minimum absolute atomic E-state index is 0.0220. The summed E-state index contributed by atoms with van der Waals surface area (Å²) in [5, 5.41) is 23.7. The highest BCUT2D eigenvalue weighted by Gasteiger charge is 2.32. The van der Waals surface area contributed by atoms with Crippen molar-refractivity contribution < 1.29 is 9.53 Å². The van der Waals surface area contributed by atoms with E-state index in [0.717, 1.165) is 0 Å². The lowest BCUT2D eigenvalue weighted by Gasteiger charge is -2.27. The number of pyridine rings is 1. The Morgan fingerprint density at radius 1 is 1.28 bits per heavy atom. The Morgan fingerprint density at radius 3 is 2.48 bits per heavy atom. The van der Waals surface area contributed by atoms with Crippen molar-refractivity contribution in [3.63, 3.8) is 0 Å². The summed E-state index contributed by atoms with van der Waals surface area (Å²) in [7, 11) is 0. The second kappa shape index (κ2) is 7.72. The Morgan fingerprint density at radius 2 is 1.93 bits per heavy atom. The molecule has 0 saturated heterocycles. The van der Waals surface area contributed by atoms with Crippen LogP contribution in [0.5, 0.6) is 5.75 Å². The molecule has 146 valence electrons. The maximum absolute atomic E-state index is 11.2. The number of carbonyl (C=O) groups is 1. The molecule has 3 rings (SSSR count). The topological polar surface area (TPSA) is 175 Å². The van der Waals surface area contributed by atoms with Gasteiger partial charge >= 0.3 is 5.97 Å². The minimum atomic E-state index is -0.923. The zero-order valence-corrected chi connectivity index (χ0v) is 16.3. The first-order valence-corrected chi connectivity index (χ1v) is 8.68. The van der Waals surface area contributed by atoms with Crippen LogP contribution in [0.2, 0.25) is 10.0 Å². The van der Waals surface area contributed by atoms with Gasteiger partial charge in [-0.05, 0) is 12.1 Å². The largest absolute Gasteiger partial charge is 0.427 e. The van der Waals surface area contributed by atoms with Crippen LogP contribution in [0.4, 0.5) is 17.3 Å². The maximum Gasteiger partial charge on any atom is 0.308 e. The molecule has 1 aliphatic rings. The smallest absolute Gasteiger partial charge is 0.308 e. The monoisotopic (exact) mass is 430 g/mol. The van der Waals surface area contributed by atoms with Gasteiger partial charge < -0.3 is 21.5 Å². The van der Waals surface area contributed by atoms with Gasteiger partial charge in [0.15, 0.2) is 6.19 Å². The number of aliphatic imine (C=N–C) groups is 1. The summed E-state index contributed by atoms with van der Waals surface area (Å²) < 4.78 is 5.02. The van der Waals surface area contributed by atoms with Crippen LogP contribution in [0.25, 0.3) is 0 Å². The number of nitrogen functional groups attached to an aromatic ring is 2. The molecular weight excluding hydrogens is 419 g/mol. The lowest BCUT2D eigenvalue weighted by molar-refractivity contribution is -0.131. The average molecular weight is 431 g/mol. The standard InChI is InChI=1S/C17H12Cl2N8O2/c1-6(28)29-7-2-9(18)11(10(19)3-7)14-12-13(22)8(4-20)15(23)26-16(12)27-17(25-14)24-5-21/h2-3,14H,1H3,(H6,22,23,24,25,26,27). The highest BCUT2D eigenvalue weighted by atomic mass is 35.5. The van der Waals surface area contributed by atoms with Crippen LogP contribution in [-0.4, -0.2) is 16.9 Å². The van der Waals surface area contributed by atoms with Gasteiger partial charge in [-0.3, -0.25) is 10.1 Å². The average Bonchev–Trinajstić information content (AvgIpc) is 2.60. The Balaban J connectivity index is 2.26. The second-order valence-electron chi connectivity index (χ2n) is 5.80. The van der Waals surface area contributed by atoms with Crippen molar-refractivity contribution in [2.45, 2.75) is 13.0 Å². The number of guanidine groups is 1. The van der Waals surface area contributed by atoms with E-state index in [1.165, 1.54) is 19.1 Å². The maximum atomic E-state index is 11.2. The molecule has 29 heavy (non-hydrogen) atoms. The quantitative estimate of drug-likeness (QED) is 0.241. The molecule has 1 atom stereocenters. The fourth-order valence-electron chi connectivity index (χ4n) is 2.84. The number of hydrogen-bond acceptors (Lipinski definition) is 10. The Hall–Kier alpha value is -3.73. The first kappa shape index (κ1) is 20.0. The molecule has 12 heteroatoms. The number of anilines is 3. The molecule has 0 spiro atoms. The molecule has 1 unspecified atom stereocenters. The van der Waals surface area contributed by atoms with Crippen LogP contribution in [0.1, 0.15) is 29.7 Å². The van der Waals surface area contributed by atoms with Gasteiger partial charge in [0.25, 0.3) is 0 Å². The normalized spacial score (nSPS) is 14.5. The highest BCUT2D eigenvalue weighted by Crippen LogP contribution is 2.45. The number of nitriles is 2. The van der Waals surface area contributed by atoms with Crippen LogP contribution >= 0.6 is 23.2 Å². The molecule has 0 radical (unpaired) electrons. The van der Waals surface area contributed by atoms with E-state index in [-0.39, 0.29) is 44.6 Å². The molecule has 6 N–H and O–H groups in total. The number of rotatable bonds is 2. The zero-order valence-electron chi connectivity index (χ0n) is 14.7. The van der Waals surface area contributed by atoms with E-state index in [4.69, 9.17) is 44.7 Å². The number of halogens is 2. The van der Waals surface area contributed by atoms with E-state index in [9.17, 15) is 10.1 Å². The summed E-state index contributed by atoms with van der Waals surface area (Å²) in [4.78, 5) is 19.7. The van der Waals surface area contributed by atoms with Crippen molar-refractivity contribution in [3.8, 4) is 18.0 Å². The predicted molar refractivity (Wildman–Crippen MR) is 107 cm³/mol. The fraction of sp³-hybridized carbons (Fsp3) is 0.118. The molecule has 1 aromatic heterocycles. The van der Waals surface area contributed by atoms with Gasteiger partial charge in [0.05, 0.1) is 15.7 Å². The van der Waals surface area contributed by atoms with E-state index >= 15 is 0 Å². The van der Waals surface area contributed by atoms with Crippen LogP contribution < -0.4 is 26.8 Å². The SMILES string of the molecule is CC(=O)Oc1cc(Cl)c(C2N=C(NC#N)Nc3nc(N)c(C#N)c(N)c32)c(Cl)c1. The van der Waals surface area contributed by atoms with Gasteiger partial charge in [0, 0.05) is 18.1 Å². The van der Waals surface area contributed by atoms with Crippen LogP contribution in [0.15, 0.2) is 17.1 Å². The van der Waals surface area contributed by atoms with Gasteiger partial charge in [-0.1, -0.05) is 23.2 Å². The van der Waals surface area contributed by atoms with Gasteiger partial charge in [-0.2, -0.15) is 10.5 Å². The van der Waals surface area contributed by atoms with E-state index in [2.05, 4.69) is 20.6 Å². The van der Waals surface area contributed by atoms with Crippen molar-refractivity contribution in [1.29, 1.82) is 10.5 Å². The Kier molecular flexibility index (Phi) is 5.33. The van der Waals surface area contributed by atoms with E-state index < -0.39 is 12.0 Å². The number of nitrogens with zero attached hydrogens (tertiary/aromatic N) is 4. The number of carbonyl (C=O) groups excluding carboxylic acids is 1. The number of ether oxygens (including phenoxy) is 1. The number of hydrogen-bond donors (Lipinski definition) is 4. The van der Waals surface area contributed by atoms with Crippen molar-refractivity contribution in [1.82, 2.24) is 10.3 Å². The number of esters is 1. The number of aromatic nitrogens is 1. The molecule has 2 aromatic rings. The third-order valence-corrected chi connectivity index (χ3v) is 4.57. The third kappa shape index (κ3) is 3.67. The fourth-order valence-corrected chi connectivity index (χ4v) is 3.51.